The predicted molar refractivity (Wildman–Crippen MR) is 139 cm³/mol. The van der Waals surface area contributed by atoms with Crippen LogP contribution in [0, 0.1) is 0 Å². The normalized spacial score (nSPS) is 11.0. The number of imidazole rings is 1. The summed E-state index contributed by atoms with van der Waals surface area (Å²) >= 11 is 1.57. The van der Waals surface area contributed by atoms with Crippen molar-refractivity contribution in [1.29, 1.82) is 0 Å². The van der Waals surface area contributed by atoms with Gasteiger partial charge < -0.3 is 15.5 Å². The van der Waals surface area contributed by atoms with E-state index in [4.69, 9.17) is 10.2 Å². The van der Waals surface area contributed by atoms with E-state index in [-0.39, 0.29) is 17.9 Å². The summed E-state index contributed by atoms with van der Waals surface area (Å²) in [5.74, 6) is 0. The van der Waals surface area contributed by atoms with Gasteiger partial charge in [0.2, 0.25) is 0 Å². The van der Waals surface area contributed by atoms with E-state index in [9.17, 15) is 14.4 Å². The SMILES string of the molecule is O=C(O)N(C(=O)O)C(=O)NCCc1cn(SC(c2ccccc2)(c2ccccc2)c2ccccc2)cn1. The quantitative estimate of drug-likeness (QED) is 0.272. The van der Waals surface area contributed by atoms with Crippen LogP contribution in [0.5, 0.6) is 0 Å². The predicted octanol–water partition coefficient (Wildman–Crippen LogP) is 5.28. The topological polar surface area (TPSA) is 125 Å². The molecule has 188 valence electrons. The molecule has 0 unspecified atom stereocenters. The van der Waals surface area contributed by atoms with E-state index < -0.39 is 23.0 Å². The molecule has 3 aromatic carbocycles. The molecule has 0 radical (unpaired) electrons. The zero-order valence-electron chi connectivity index (χ0n) is 19.6. The molecule has 1 aromatic heterocycles. The van der Waals surface area contributed by atoms with Crippen LogP contribution in [0.3, 0.4) is 0 Å². The van der Waals surface area contributed by atoms with Crippen molar-refractivity contribution in [3.63, 3.8) is 0 Å². The standard InChI is InChI=1S/C27H24N4O5S/c32-24(31(25(33)34)26(35)36)28-17-16-23-18-30(19-29-23)37-27(20-10-4-1-5-11-20,21-12-6-2-7-13-21)22-14-8-3-9-15-22/h1-15,18-19H,16-17H2,(H,28,32)(H,33,34)(H,35,36). The molecule has 3 N–H and O–H groups in total. The van der Waals surface area contributed by atoms with Crippen LogP contribution in [-0.4, -0.2) is 48.8 Å². The van der Waals surface area contributed by atoms with E-state index in [2.05, 4.69) is 46.7 Å². The highest BCUT2D eigenvalue weighted by atomic mass is 32.2. The van der Waals surface area contributed by atoms with Crippen molar-refractivity contribution in [3.8, 4) is 0 Å². The maximum Gasteiger partial charge on any atom is 0.425 e. The van der Waals surface area contributed by atoms with Crippen molar-refractivity contribution in [3.05, 3.63) is 126 Å². The number of aromatic nitrogens is 2. The molecule has 4 aromatic rings. The van der Waals surface area contributed by atoms with Crippen LogP contribution in [0.1, 0.15) is 22.4 Å². The lowest BCUT2D eigenvalue weighted by Crippen LogP contribution is -2.46. The van der Waals surface area contributed by atoms with Crippen LogP contribution in [0.25, 0.3) is 0 Å². The van der Waals surface area contributed by atoms with Gasteiger partial charge in [-0.3, -0.25) is 3.97 Å². The highest BCUT2D eigenvalue weighted by Crippen LogP contribution is 2.48. The summed E-state index contributed by atoms with van der Waals surface area (Å²) in [5, 5.41) is 20.1. The fourth-order valence-electron chi connectivity index (χ4n) is 3.99. The van der Waals surface area contributed by atoms with E-state index >= 15 is 0 Å². The molecule has 0 aliphatic carbocycles. The van der Waals surface area contributed by atoms with Crippen molar-refractivity contribution in [2.75, 3.05) is 6.54 Å². The fraction of sp³-hybridized carbons (Fsp3) is 0.111. The average molecular weight is 517 g/mol. The summed E-state index contributed by atoms with van der Waals surface area (Å²) in [7, 11) is 0. The van der Waals surface area contributed by atoms with E-state index in [0.29, 0.717) is 5.69 Å². The number of carbonyl (C=O) groups excluding carboxylic acids is 1. The first-order valence-corrected chi connectivity index (χ1v) is 12.1. The van der Waals surface area contributed by atoms with Gasteiger partial charge in [0.1, 0.15) is 11.1 Å². The largest absolute Gasteiger partial charge is 0.464 e. The van der Waals surface area contributed by atoms with Crippen molar-refractivity contribution in [1.82, 2.24) is 19.2 Å². The number of carbonyl (C=O) groups is 3. The van der Waals surface area contributed by atoms with Gasteiger partial charge in [0.15, 0.2) is 0 Å². The third-order valence-electron chi connectivity index (χ3n) is 5.64. The molecule has 0 bridgehead atoms. The first-order valence-electron chi connectivity index (χ1n) is 11.3. The minimum absolute atomic E-state index is 0.0127. The van der Waals surface area contributed by atoms with Crippen molar-refractivity contribution in [2.45, 2.75) is 11.2 Å². The number of hydrogen-bond acceptors (Lipinski definition) is 5. The highest BCUT2D eigenvalue weighted by Gasteiger charge is 2.38. The maximum absolute atomic E-state index is 11.9. The molecule has 1 heterocycles. The molecule has 37 heavy (non-hydrogen) atoms. The first kappa shape index (κ1) is 25.5. The van der Waals surface area contributed by atoms with Gasteiger partial charge in [0, 0.05) is 19.2 Å². The number of carboxylic acid groups (broad SMARTS) is 2. The average Bonchev–Trinajstić information content (AvgIpc) is 3.35. The molecular weight excluding hydrogens is 492 g/mol. The molecule has 0 aliphatic heterocycles. The summed E-state index contributed by atoms with van der Waals surface area (Å²) in [4.78, 5) is 38.0. The smallest absolute Gasteiger partial charge is 0.425 e. The van der Waals surface area contributed by atoms with Gasteiger partial charge in [0.05, 0.1) is 5.69 Å². The Kier molecular flexibility index (Phi) is 7.89. The van der Waals surface area contributed by atoms with Gasteiger partial charge in [-0.25, -0.2) is 19.4 Å². The molecule has 0 saturated heterocycles. The number of hydrogen-bond donors (Lipinski definition) is 3. The number of nitrogens with zero attached hydrogens (tertiary/aromatic N) is 3. The fourth-order valence-corrected chi connectivity index (χ4v) is 5.30. The van der Waals surface area contributed by atoms with E-state index in [1.807, 2.05) is 64.8 Å². The number of imide groups is 3. The maximum atomic E-state index is 11.9. The number of benzene rings is 3. The Labute approximate surface area is 217 Å². The van der Waals surface area contributed by atoms with Gasteiger partial charge in [-0.2, -0.15) is 0 Å². The molecule has 4 rings (SSSR count). The van der Waals surface area contributed by atoms with Gasteiger partial charge in [0.25, 0.3) is 0 Å². The van der Waals surface area contributed by atoms with Gasteiger partial charge in [-0.15, -0.1) is 4.90 Å². The zero-order chi connectivity index (χ0) is 26.3. The molecule has 0 spiro atoms. The van der Waals surface area contributed by atoms with Crippen LogP contribution >= 0.6 is 11.9 Å². The summed E-state index contributed by atoms with van der Waals surface area (Å²) in [6.45, 7) is 0.0127. The van der Waals surface area contributed by atoms with Crippen molar-refractivity contribution < 1.29 is 24.6 Å². The van der Waals surface area contributed by atoms with Crippen LogP contribution in [0.15, 0.2) is 104 Å². The Morgan fingerprint density at radius 2 is 1.27 bits per heavy atom. The number of urea groups is 1. The Morgan fingerprint density at radius 3 is 1.70 bits per heavy atom. The second kappa shape index (κ2) is 11.4. The molecule has 0 atom stereocenters. The summed E-state index contributed by atoms with van der Waals surface area (Å²) < 4.78 is 1.31. The molecule has 4 amide bonds. The summed E-state index contributed by atoms with van der Waals surface area (Å²) in [6, 6.07) is 29.3. The Balaban J connectivity index is 1.61. The molecular formula is C27H24N4O5S. The van der Waals surface area contributed by atoms with Crippen LogP contribution in [-0.2, 0) is 11.2 Å². The molecule has 10 heteroatoms. The molecule has 0 fully saturated rings. The van der Waals surface area contributed by atoms with Crippen LogP contribution in [0.2, 0.25) is 0 Å². The third kappa shape index (κ3) is 5.65. The highest BCUT2D eigenvalue weighted by molar-refractivity contribution is 7.99. The van der Waals surface area contributed by atoms with Crippen molar-refractivity contribution in [2.24, 2.45) is 0 Å². The van der Waals surface area contributed by atoms with Crippen LogP contribution in [0.4, 0.5) is 14.4 Å². The number of rotatable bonds is 8. The van der Waals surface area contributed by atoms with Gasteiger partial charge >= 0.3 is 18.2 Å². The minimum Gasteiger partial charge on any atom is -0.464 e. The second-order valence-electron chi connectivity index (χ2n) is 7.98. The lowest BCUT2D eigenvalue weighted by Gasteiger charge is -2.35. The summed E-state index contributed by atoms with van der Waals surface area (Å²) in [6.07, 6.45) is 0.0645. The number of amides is 4. The first-order chi connectivity index (χ1) is 17.9. The third-order valence-corrected chi connectivity index (χ3v) is 7.03. The number of nitrogens with one attached hydrogen (secondary N) is 1. The van der Waals surface area contributed by atoms with Crippen molar-refractivity contribution >= 4 is 30.2 Å². The van der Waals surface area contributed by atoms with E-state index in [0.717, 1.165) is 16.7 Å². The van der Waals surface area contributed by atoms with E-state index in [1.54, 1.807) is 18.3 Å². The minimum atomic E-state index is -1.87. The monoisotopic (exact) mass is 516 g/mol. The Hall–Kier alpha value is -4.57. The zero-order valence-corrected chi connectivity index (χ0v) is 20.4. The molecule has 0 saturated carbocycles. The molecule has 0 aliphatic rings. The second-order valence-corrected chi connectivity index (χ2v) is 9.19. The Bertz CT molecular complexity index is 1250. The van der Waals surface area contributed by atoms with E-state index in [1.165, 1.54) is 0 Å². The lowest BCUT2D eigenvalue weighted by atomic mass is 9.84. The molecule has 9 nitrogen and oxygen atoms in total. The van der Waals surface area contributed by atoms with Crippen LogP contribution < -0.4 is 5.32 Å². The summed E-state index contributed by atoms with van der Waals surface area (Å²) in [5.41, 5.74) is 3.90. The lowest BCUT2D eigenvalue weighted by molar-refractivity contribution is 0.129. The van der Waals surface area contributed by atoms with Gasteiger partial charge in [-0.05, 0) is 28.6 Å². The Morgan fingerprint density at radius 1 is 0.811 bits per heavy atom. The van der Waals surface area contributed by atoms with Gasteiger partial charge in [-0.1, -0.05) is 91.0 Å².